The minimum Gasteiger partial charge on any atom is -0.497 e. The van der Waals surface area contributed by atoms with Crippen molar-refractivity contribution in [3.8, 4) is 5.75 Å². The molecule has 0 saturated carbocycles. The fourth-order valence-corrected chi connectivity index (χ4v) is 4.22. The fourth-order valence-electron chi connectivity index (χ4n) is 4.22. The van der Waals surface area contributed by atoms with Crippen LogP contribution in [0.2, 0.25) is 0 Å². The summed E-state index contributed by atoms with van der Waals surface area (Å²) in [6, 6.07) is 26.0. The topological polar surface area (TPSA) is 46.0 Å². The molecular weight excluding hydrogens is 386 g/mol. The normalized spacial score (nSPS) is 15.4. The van der Waals surface area contributed by atoms with E-state index >= 15 is 0 Å². The summed E-state index contributed by atoms with van der Waals surface area (Å²) in [5.41, 5.74) is 4.23. The molecule has 31 heavy (non-hydrogen) atoms. The van der Waals surface area contributed by atoms with Gasteiger partial charge in [0.25, 0.3) is 5.91 Å². The highest BCUT2D eigenvalue weighted by Gasteiger charge is 2.34. The molecule has 0 unspecified atom stereocenters. The second kappa shape index (κ2) is 9.67. The van der Waals surface area contributed by atoms with Gasteiger partial charge in [-0.2, -0.15) is 0 Å². The zero-order valence-corrected chi connectivity index (χ0v) is 18.2. The summed E-state index contributed by atoms with van der Waals surface area (Å²) in [6.07, 6.45) is 0. The van der Waals surface area contributed by atoms with Gasteiger partial charge in [0.05, 0.1) is 33.3 Å². The van der Waals surface area contributed by atoms with Crippen LogP contribution in [0.3, 0.4) is 0 Å². The predicted octanol–water partition coefficient (Wildman–Crippen LogP) is 3.09. The van der Waals surface area contributed by atoms with Crippen molar-refractivity contribution in [1.82, 2.24) is 0 Å². The number of nitrogens with zero attached hydrogens (tertiary/aromatic N) is 1. The van der Waals surface area contributed by atoms with E-state index in [2.05, 4.69) is 34.5 Å². The van der Waals surface area contributed by atoms with Crippen LogP contribution in [0, 0.1) is 6.92 Å². The van der Waals surface area contributed by atoms with Crippen molar-refractivity contribution in [1.29, 1.82) is 0 Å². The SMILES string of the molecule is COc1cccc(N2CC[NH+]([C@H](C(=O)Nc3ccc(C)cc3)c3ccccc3)CC2)c1. The van der Waals surface area contributed by atoms with Crippen molar-refractivity contribution in [3.63, 3.8) is 0 Å². The van der Waals surface area contributed by atoms with Gasteiger partial charge in [0.2, 0.25) is 0 Å². The largest absolute Gasteiger partial charge is 0.497 e. The summed E-state index contributed by atoms with van der Waals surface area (Å²) in [7, 11) is 1.69. The quantitative estimate of drug-likeness (QED) is 0.649. The highest BCUT2D eigenvalue weighted by Crippen LogP contribution is 2.21. The van der Waals surface area contributed by atoms with Crippen molar-refractivity contribution < 1.29 is 14.4 Å². The summed E-state index contributed by atoms with van der Waals surface area (Å²) in [4.78, 5) is 17.0. The molecule has 4 rings (SSSR count). The molecule has 0 aromatic heterocycles. The minimum absolute atomic E-state index is 0.0416. The summed E-state index contributed by atoms with van der Waals surface area (Å²) in [6.45, 7) is 5.60. The molecule has 1 heterocycles. The zero-order chi connectivity index (χ0) is 21.6. The predicted molar refractivity (Wildman–Crippen MR) is 125 cm³/mol. The summed E-state index contributed by atoms with van der Waals surface area (Å²) < 4.78 is 5.37. The van der Waals surface area contributed by atoms with Crippen LogP contribution in [0.25, 0.3) is 0 Å². The number of aryl methyl sites for hydroxylation is 1. The van der Waals surface area contributed by atoms with E-state index in [1.54, 1.807) is 7.11 Å². The number of methoxy groups -OCH3 is 1. The number of benzene rings is 3. The standard InChI is InChI=1S/C26H29N3O2/c1-20-11-13-22(14-12-20)27-26(30)25(21-7-4-3-5-8-21)29-17-15-28(16-18-29)23-9-6-10-24(19-23)31-2/h3-14,19,25H,15-18H2,1-2H3,(H,27,30)/p+1/t25-/m0/s1. The number of hydrogen-bond donors (Lipinski definition) is 2. The van der Waals surface area contributed by atoms with E-state index in [0.29, 0.717) is 0 Å². The first-order valence-electron chi connectivity index (χ1n) is 10.8. The van der Waals surface area contributed by atoms with Crippen LogP contribution in [0.15, 0.2) is 78.9 Å². The molecule has 1 atom stereocenters. The summed E-state index contributed by atoms with van der Waals surface area (Å²) in [5, 5.41) is 3.13. The van der Waals surface area contributed by atoms with Gasteiger partial charge in [0, 0.05) is 23.0 Å². The van der Waals surface area contributed by atoms with E-state index in [4.69, 9.17) is 4.74 Å². The number of anilines is 2. The van der Waals surface area contributed by atoms with Crippen LogP contribution < -0.4 is 19.9 Å². The third-order valence-electron chi connectivity index (χ3n) is 5.95. The number of ether oxygens (including phenoxy) is 1. The molecule has 0 aliphatic carbocycles. The number of nitrogens with one attached hydrogen (secondary N) is 2. The lowest BCUT2D eigenvalue weighted by Crippen LogP contribution is -3.16. The first-order chi connectivity index (χ1) is 15.1. The Balaban J connectivity index is 1.50. The number of rotatable bonds is 6. The second-order valence-electron chi connectivity index (χ2n) is 8.05. The molecule has 0 bridgehead atoms. The smallest absolute Gasteiger partial charge is 0.287 e. The van der Waals surface area contributed by atoms with Crippen LogP contribution in [-0.4, -0.2) is 39.2 Å². The maximum Gasteiger partial charge on any atom is 0.287 e. The molecule has 160 valence electrons. The molecular formula is C26H30N3O2+. The Morgan fingerprint density at radius 3 is 2.35 bits per heavy atom. The van der Waals surface area contributed by atoms with Crippen molar-refractivity contribution in [2.45, 2.75) is 13.0 Å². The van der Waals surface area contributed by atoms with Crippen LogP contribution in [-0.2, 0) is 4.79 Å². The van der Waals surface area contributed by atoms with Crippen molar-refractivity contribution in [3.05, 3.63) is 90.0 Å². The van der Waals surface area contributed by atoms with E-state index < -0.39 is 0 Å². The highest BCUT2D eigenvalue weighted by molar-refractivity contribution is 5.94. The van der Waals surface area contributed by atoms with E-state index in [1.165, 1.54) is 16.2 Å². The fraction of sp³-hybridized carbons (Fsp3) is 0.269. The molecule has 0 spiro atoms. The summed E-state index contributed by atoms with van der Waals surface area (Å²) in [5.74, 6) is 0.909. The molecule has 5 heteroatoms. The van der Waals surface area contributed by atoms with Gasteiger partial charge in [-0.1, -0.05) is 54.1 Å². The number of piperazine rings is 1. The Morgan fingerprint density at radius 2 is 1.68 bits per heavy atom. The molecule has 1 saturated heterocycles. The molecule has 1 aliphatic heterocycles. The first-order valence-corrected chi connectivity index (χ1v) is 10.8. The van der Waals surface area contributed by atoms with Crippen molar-refractivity contribution >= 4 is 17.3 Å². The van der Waals surface area contributed by atoms with Crippen LogP contribution in [0.4, 0.5) is 11.4 Å². The Bertz CT molecular complexity index is 997. The van der Waals surface area contributed by atoms with Gasteiger partial charge < -0.3 is 19.9 Å². The number of carbonyl (C=O) groups is 1. The van der Waals surface area contributed by atoms with Crippen LogP contribution in [0.1, 0.15) is 17.2 Å². The Labute approximate surface area is 184 Å². The molecule has 1 aliphatic rings. The summed E-state index contributed by atoms with van der Waals surface area (Å²) >= 11 is 0. The number of quaternary nitrogens is 1. The number of carbonyl (C=O) groups excluding carboxylic acids is 1. The lowest BCUT2D eigenvalue weighted by Gasteiger charge is -2.37. The molecule has 1 amide bonds. The third kappa shape index (κ3) is 5.06. The Hall–Kier alpha value is -3.31. The molecule has 1 fully saturated rings. The maximum absolute atomic E-state index is 13.4. The van der Waals surface area contributed by atoms with Crippen molar-refractivity contribution in [2.24, 2.45) is 0 Å². The van der Waals surface area contributed by atoms with Gasteiger partial charge in [0.1, 0.15) is 5.75 Å². The van der Waals surface area contributed by atoms with E-state index in [0.717, 1.165) is 43.2 Å². The highest BCUT2D eigenvalue weighted by atomic mass is 16.5. The lowest BCUT2D eigenvalue weighted by atomic mass is 10.0. The molecule has 5 nitrogen and oxygen atoms in total. The van der Waals surface area contributed by atoms with Gasteiger partial charge in [0.15, 0.2) is 6.04 Å². The van der Waals surface area contributed by atoms with Gasteiger partial charge in [-0.3, -0.25) is 4.79 Å². The molecule has 3 aromatic carbocycles. The van der Waals surface area contributed by atoms with Gasteiger partial charge in [-0.05, 0) is 31.2 Å². The van der Waals surface area contributed by atoms with Crippen molar-refractivity contribution in [2.75, 3.05) is 43.5 Å². The average Bonchev–Trinajstić information content (AvgIpc) is 2.82. The van der Waals surface area contributed by atoms with Crippen LogP contribution >= 0.6 is 0 Å². The molecule has 0 radical (unpaired) electrons. The number of hydrogen-bond acceptors (Lipinski definition) is 3. The van der Waals surface area contributed by atoms with Gasteiger partial charge in [-0.15, -0.1) is 0 Å². The minimum atomic E-state index is -0.241. The third-order valence-corrected chi connectivity index (χ3v) is 5.95. The monoisotopic (exact) mass is 416 g/mol. The lowest BCUT2D eigenvalue weighted by molar-refractivity contribution is -0.922. The van der Waals surface area contributed by atoms with Gasteiger partial charge in [-0.25, -0.2) is 0 Å². The van der Waals surface area contributed by atoms with Crippen LogP contribution in [0.5, 0.6) is 5.75 Å². The zero-order valence-electron chi connectivity index (χ0n) is 18.2. The maximum atomic E-state index is 13.4. The van der Waals surface area contributed by atoms with E-state index in [-0.39, 0.29) is 11.9 Å². The molecule has 2 N–H and O–H groups in total. The van der Waals surface area contributed by atoms with E-state index in [9.17, 15) is 4.79 Å². The van der Waals surface area contributed by atoms with Gasteiger partial charge >= 0.3 is 0 Å². The second-order valence-corrected chi connectivity index (χ2v) is 8.05. The molecule has 3 aromatic rings. The van der Waals surface area contributed by atoms with E-state index in [1.807, 2.05) is 61.5 Å². The average molecular weight is 417 g/mol. The first kappa shape index (κ1) is 20.9. The Kier molecular flexibility index (Phi) is 6.53. The Morgan fingerprint density at radius 1 is 0.968 bits per heavy atom. The number of amides is 1.